The molecule has 22 heavy (non-hydrogen) atoms. The van der Waals surface area contributed by atoms with Gasteiger partial charge in [-0.15, -0.1) is 0 Å². The number of carbonyl (C=O) groups is 1. The van der Waals surface area contributed by atoms with Crippen LogP contribution in [0.1, 0.15) is 5.56 Å². The van der Waals surface area contributed by atoms with Crippen molar-refractivity contribution < 1.29 is 9.53 Å². The highest BCUT2D eigenvalue weighted by molar-refractivity contribution is 7.99. The van der Waals surface area contributed by atoms with E-state index in [4.69, 9.17) is 4.74 Å². The number of hydrazine groups is 1. The third kappa shape index (κ3) is 4.78. The summed E-state index contributed by atoms with van der Waals surface area (Å²) in [5.41, 5.74) is 6.82. The highest BCUT2D eigenvalue weighted by Gasteiger charge is 2.05. The summed E-state index contributed by atoms with van der Waals surface area (Å²) in [6.45, 7) is 3.87. The molecule has 7 heteroatoms. The number of methoxy groups -OCH3 is 1. The number of ether oxygens (including phenoxy) is 1. The normalized spacial score (nSPS) is 9.86. The monoisotopic (exact) mass is 316 g/mol. The van der Waals surface area contributed by atoms with Crippen molar-refractivity contribution in [2.75, 3.05) is 12.9 Å². The molecule has 114 valence electrons. The van der Waals surface area contributed by atoms with Gasteiger partial charge in [-0.25, -0.2) is 9.97 Å². The minimum Gasteiger partial charge on any atom is -0.497 e. The Morgan fingerprint density at radius 1 is 1.23 bits per heavy atom. The SMILES string of the molecule is C=C(NNC(=O)CSc1ncccn1)c1ccc(OC)cc1. The minimum absolute atomic E-state index is 0.188. The van der Waals surface area contributed by atoms with Crippen LogP contribution >= 0.6 is 11.8 Å². The van der Waals surface area contributed by atoms with Gasteiger partial charge >= 0.3 is 0 Å². The second-order valence-electron chi connectivity index (χ2n) is 4.20. The van der Waals surface area contributed by atoms with Crippen molar-refractivity contribution in [3.8, 4) is 5.75 Å². The Kier molecular flexibility index (Phi) is 5.79. The van der Waals surface area contributed by atoms with Crippen LogP contribution in [0.2, 0.25) is 0 Å². The predicted molar refractivity (Wildman–Crippen MR) is 86.1 cm³/mol. The molecule has 1 aromatic heterocycles. The Morgan fingerprint density at radius 2 is 1.91 bits per heavy atom. The zero-order valence-electron chi connectivity index (χ0n) is 12.1. The Bertz CT molecular complexity index is 632. The van der Waals surface area contributed by atoms with Crippen LogP contribution in [0.5, 0.6) is 5.75 Å². The van der Waals surface area contributed by atoms with Crippen LogP contribution in [0.4, 0.5) is 0 Å². The first kappa shape index (κ1) is 15.8. The van der Waals surface area contributed by atoms with E-state index in [0.717, 1.165) is 11.3 Å². The van der Waals surface area contributed by atoms with Crippen molar-refractivity contribution >= 4 is 23.4 Å². The fourth-order valence-corrected chi connectivity index (χ4v) is 2.14. The number of rotatable bonds is 7. The molecule has 0 atom stereocenters. The third-order valence-corrected chi connectivity index (χ3v) is 3.54. The summed E-state index contributed by atoms with van der Waals surface area (Å²) in [6.07, 6.45) is 3.27. The molecule has 0 fully saturated rings. The summed E-state index contributed by atoms with van der Waals surface area (Å²) < 4.78 is 5.09. The molecule has 0 aliphatic heterocycles. The Morgan fingerprint density at radius 3 is 2.55 bits per heavy atom. The predicted octanol–water partition coefficient (Wildman–Crippen LogP) is 1.87. The number of hydrogen-bond donors (Lipinski definition) is 2. The first-order valence-corrected chi connectivity index (χ1v) is 7.45. The van der Waals surface area contributed by atoms with E-state index in [1.54, 1.807) is 25.6 Å². The van der Waals surface area contributed by atoms with Crippen molar-refractivity contribution in [1.82, 2.24) is 20.8 Å². The summed E-state index contributed by atoms with van der Waals surface area (Å²) in [6, 6.07) is 9.09. The second-order valence-corrected chi connectivity index (χ2v) is 5.14. The average Bonchev–Trinajstić information content (AvgIpc) is 2.58. The van der Waals surface area contributed by atoms with Gasteiger partial charge in [-0.05, 0) is 35.9 Å². The molecule has 1 amide bonds. The largest absolute Gasteiger partial charge is 0.497 e. The Labute approximate surface area is 133 Å². The van der Waals surface area contributed by atoms with Gasteiger partial charge in [-0.1, -0.05) is 18.3 Å². The molecule has 0 aliphatic carbocycles. The maximum Gasteiger partial charge on any atom is 0.248 e. The number of benzene rings is 1. The van der Waals surface area contributed by atoms with E-state index in [0.29, 0.717) is 10.9 Å². The topological polar surface area (TPSA) is 76.1 Å². The molecule has 0 saturated carbocycles. The molecule has 0 radical (unpaired) electrons. The van der Waals surface area contributed by atoms with E-state index in [-0.39, 0.29) is 11.7 Å². The van der Waals surface area contributed by atoms with Gasteiger partial charge < -0.3 is 4.74 Å². The first-order valence-electron chi connectivity index (χ1n) is 6.47. The first-order chi connectivity index (χ1) is 10.7. The van der Waals surface area contributed by atoms with Crippen LogP contribution in [0.15, 0.2) is 54.5 Å². The van der Waals surface area contributed by atoms with Gasteiger partial charge in [-0.2, -0.15) is 0 Å². The van der Waals surface area contributed by atoms with Crippen LogP contribution in [0.3, 0.4) is 0 Å². The zero-order valence-corrected chi connectivity index (χ0v) is 12.9. The van der Waals surface area contributed by atoms with Gasteiger partial charge in [0.25, 0.3) is 0 Å². The number of hydrogen-bond acceptors (Lipinski definition) is 6. The number of aromatic nitrogens is 2. The number of thioether (sulfide) groups is 1. The Balaban J connectivity index is 1.76. The van der Waals surface area contributed by atoms with E-state index in [1.807, 2.05) is 24.3 Å². The van der Waals surface area contributed by atoms with Crippen molar-refractivity contribution in [2.24, 2.45) is 0 Å². The number of nitrogens with zero attached hydrogens (tertiary/aromatic N) is 2. The van der Waals surface area contributed by atoms with Crippen molar-refractivity contribution in [3.05, 3.63) is 54.9 Å². The summed E-state index contributed by atoms with van der Waals surface area (Å²) in [5, 5.41) is 0.562. The highest BCUT2D eigenvalue weighted by Crippen LogP contribution is 2.15. The molecule has 0 unspecified atom stereocenters. The molecule has 0 bridgehead atoms. The van der Waals surface area contributed by atoms with E-state index >= 15 is 0 Å². The lowest BCUT2D eigenvalue weighted by atomic mass is 10.2. The fraction of sp³-hybridized carbons (Fsp3) is 0.133. The van der Waals surface area contributed by atoms with Gasteiger partial charge in [0.05, 0.1) is 18.6 Å². The smallest absolute Gasteiger partial charge is 0.248 e. The van der Waals surface area contributed by atoms with Gasteiger partial charge in [-0.3, -0.25) is 15.6 Å². The van der Waals surface area contributed by atoms with Crippen molar-refractivity contribution in [2.45, 2.75) is 5.16 Å². The highest BCUT2D eigenvalue weighted by atomic mass is 32.2. The van der Waals surface area contributed by atoms with E-state index in [9.17, 15) is 4.79 Å². The van der Waals surface area contributed by atoms with E-state index < -0.39 is 0 Å². The molecular formula is C15H16N4O2S. The van der Waals surface area contributed by atoms with Crippen LogP contribution in [-0.4, -0.2) is 28.7 Å². The van der Waals surface area contributed by atoms with Gasteiger partial charge in [0, 0.05) is 12.4 Å². The standard InChI is InChI=1S/C15H16N4O2S/c1-11(12-4-6-13(21-2)7-5-12)18-19-14(20)10-22-15-16-8-3-9-17-15/h3-9,18H,1,10H2,2H3,(H,19,20). The lowest BCUT2D eigenvalue weighted by Gasteiger charge is -2.11. The number of carbonyl (C=O) groups excluding carboxylic acids is 1. The second kappa shape index (κ2) is 8.04. The third-order valence-electron chi connectivity index (χ3n) is 2.67. The number of amides is 1. The molecule has 1 aromatic carbocycles. The minimum atomic E-state index is -0.188. The average molecular weight is 316 g/mol. The molecule has 2 aromatic rings. The Hall–Kier alpha value is -2.54. The molecule has 2 rings (SSSR count). The van der Waals surface area contributed by atoms with Crippen molar-refractivity contribution in [3.63, 3.8) is 0 Å². The zero-order chi connectivity index (χ0) is 15.8. The maximum atomic E-state index is 11.7. The van der Waals surface area contributed by atoms with Crippen molar-refractivity contribution in [1.29, 1.82) is 0 Å². The summed E-state index contributed by atoms with van der Waals surface area (Å²) >= 11 is 1.26. The van der Waals surface area contributed by atoms with Crippen LogP contribution < -0.4 is 15.6 Å². The maximum absolute atomic E-state index is 11.7. The quantitative estimate of drug-likeness (QED) is 0.461. The summed E-state index contributed by atoms with van der Waals surface area (Å²) in [4.78, 5) is 19.8. The summed E-state index contributed by atoms with van der Waals surface area (Å²) in [5.74, 6) is 0.791. The molecular weight excluding hydrogens is 300 g/mol. The van der Waals surface area contributed by atoms with Gasteiger partial charge in [0.15, 0.2) is 5.16 Å². The van der Waals surface area contributed by atoms with E-state index in [2.05, 4.69) is 27.4 Å². The van der Waals surface area contributed by atoms with E-state index in [1.165, 1.54) is 11.8 Å². The lowest BCUT2D eigenvalue weighted by Crippen LogP contribution is -2.37. The fourth-order valence-electron chi connectivity index (χ4n) is 1.54. The molecule has 0 aliphatic rings. The molecule has 0 spiro atoms. The van der Waals surface area contributed by atoms with Crippen LogP contribution in [0.25, 0.3) is 5.70 Å². The summed E-state index contributed by atoms with van der Waals surface area (Å²) in [7, 11) is 1.61. The molecule has 6 nitrogen and oxygen atoms in total. The lowest BCUT2D eigenvalue weighted by molar-refractivity contribution is -0.119. The molecule has 0 saturated heterocycles. The van der Waals surface area contributed by atoms with Crippen LogP contribution in [-0.2, 0) is 4.79 Å². The van der Waals surface area contributed by atoms with Crippen LogP contribution in [0, 0.1) is 0 Å². The number of nitrogens with one attached hydrogen (secondary N) is 2. The van der Waals surface area contributed by atoms with Gasteiger partial charge in [0.1, 0.15) is 5.75 Å². The van der Waals surface area contributed by atoms with Gasteiger partial charge in [0.2, 0.25) is 5.91 Å². The molecule has 2 N–H and O–H groups in total. The molecule has 1 heterocycles.